The highest BCUT2D eigenvalue weighted by molar-refractivity contribution is 5.87. The van der Waals surface area contributed by atoms with E-state index < -0.39 is 11.9 Å². The van der Waals surface area contributed by atoms with Gasteiger partial charge in [-0.3, -0.25) is 0 Å². The van der Waals surface area contributed by atoms with Gasteiger partial charge in [0.1, 0.15) is 0 Å². The van der Waals surface area contributed by atoms with Crippen LogP contribution in [-0.2, 0) is 0 Å². The molecule has 4 N–H and O–H groups in total. The molecule has 0 radical (unpaired) electrons. The second kappa shape index (κ2) is 12.7. The molecule has 0 aliphatic rings. The fourth-order valence-electron chi connectivity index (χ4n) is 1.31. The molecule has 2 atom stereocenters. The van der Waals surface area contributed by atoms with Gasteiger partial charge in [0.2, 0.25) is 0 Å². The van der Waals surface area contributed by atoms with E-state index in [0.717, 1.165) is 0 Å². The van der Waals surface area contributed by atoms with Gasteiger partial charge in [0.05, 0.1) is 17.2 Å². The van der Waals surface area contributed by atoms with Crippen LogP contribution in [0.15, 0.2) is 60.7 Å². The van der Waals surface area contributed by atoms with Crippen molar-refractivity contribution in [3.63, 3.8) is 0 Å². The highest BCUT2D eigenvalue weighted by atomic mass is 16.4. The maximum atomic E-state index is 10.2. The van der Waals surface area contributed by atoms with Crippen LogP contribution in [0.3, 0.4) is 0 Å². The van der Waals surface area contributed by atoms with Crippen LogP contribution in [0.25, 0.3) is 0 Å². The second-order valence-corrected chi connectivity index (χ2v) is 5.24. The van der Waals surface area contributed by atoms with Gasteiger partial charge >= 0.3 is 11.9 Å². The van der Waals surface area contributed by atoms with Crippen molar-refractivity contribution in [3.05, 3.63) is 71.8 Å². The van der Waals surface area contributed by atoms with Crippen LogP contribution in [0, 0.1) is 5.92 Å². The third kappa shape index (κ3) is 10.6. The Hall–Kier alpha value is -2.70. The first kappa shape index (κ1) is 22.3. The van der Waals surface area contributed by atoms with Crippen LogP contribution in [0.4, 0.5) is 0 Å². The quantitative estimate of drug-likeness (QED) is 0.675. The number of carboxylic acids is 2. The van der Waals surface area contributed by atoms with E-state index in [1.165, 1.54) is 0 Å². The molecule has 0 fully saturated rings. The first-order valence-corrected chi connectivity index (χ1v) is 7.65. The second-order valence-electron chi connectivity index (χ2n) is 5.24. The zero-order valence-corrected chi connectivity index (χ0v) is 14.2. The van der Waals surface area contributed by atoms with Crippen LogP contribution >= 0.6 is 0 Å². The lowest BCUT2D eigenvalue weighted by atomic mass is 10.1. The summed E-state index contributed by atoms with van der Waals surface area (Å²) in [5, 5.41) is 33.8. The molecule has 0 saturated carbocycles. The van der Waals surface area contributed by atoms with E-state index in [9.17, 15) is 9.59 Å². The zero-order valence-electron chi connectivity index (χ0n) is 14.2. The van der Waals surface area contributed by atoms with Crippen LogP contribution in [0.1, 0.15) is 34.6 Å². The third-order valence-corrected chi connectivity index (χ3v) is 3.15. The number of rotatable bonds is 4. The lowest BCUT2D eigenvalue weighted by molar-refractivity contribution is 0.0686. The molecule has 6 heteroatoms. The monoisotopic (exact) mass is 348 g/mol. The molecule has 0 aliphatic heterocycles. The van der Waals surface area contributed by atoms with Crippen LogP contribution in [0.5, 0.6) is 0 Å². The molecule has 0 amide bonds. The number of aromatic carboxylic acids is 2. The molecule has 2 rings (SSSR count). The Morgan fingerprint density at radius 1 is 0.800 bits per heavy atom. The van der Waals surface area contributed by atoms with Crippen molar-refractivity contribution in [2.75, 3.05) is 6.61 Å². The molecule has 25 heavy (non-hydrogen) atoms. The van der Waals surface area contributed by atoms with Gasteiger partial charge in [-0.25, -0.2) is 9.59 Å². The van der Waals surface area contributed by atoms with Crippen molar-refractivity contribution in [2.24, 2.45) is 5.92 Å². The molecule has 0 aliphatic carbocycles. The minimum absolute atomic E-state index is 0.0139. The summed E-state index contributed by atoms with van der Waals surface area (Å²) in [6.45, 7) is 3.53. The maximum absolute atomic E-state index is 10.2. The van der Waals surface area contributed by atoms with E-state index >= 15 is 0 Å². The summed E-state index contributed by atoms with van der Waals surface area (Å²) in [5.74, 6) is -1.74. The molecule has 0 bridgehead atoms. The lowest BCUT2D eigenvalue weighted by Gasteiger charge is -2.08. The number of carbonyl (C=O) groups is 2. The van der Waals surface area contributed by atoms with Crippen molar-refractivity contribution in [1.29, 1.82) is 0 Å². The number of aliphatic hydroxyl groups is 2. The minimum atomic E-state index is -0.879. The smallest absolute Gasteiger partial charge is 0.335 e. The number of carboxylic acid groups (broad SMARTS) is 2. The van der Waals surface area contributed by atoms with Crippen molar-refractivity contribution in [3.8, 4) is 0 Å². The predicted octanol–water partition coefficient (Wildman–Crippen LogP) is 2.77. The molecule has 0 heterocycles. The SMILES string of the molecule is CC(O)C(C)CO.O=C(O)c1ccccc1.O=C(O)c1ccccc1. The van der Waals surface area contributed by atoms with Gasteiger partial charge < -0.3 is 20.4 Å². The summed E-state index contributed by atoms with van der Waals surface area (Å²) >= 11 is 0. The van der Waals surface area contributed by atoms with Gasteiger partial charge in [-0.1, -0.05) is 43.3 Å². The molecule has 2 unspecified atom stereocenters. The average molecular weight is 348 g/mol. The Bertz CT molecular complexity index is 561. The Morgan fingerprint density at radius 3 is 1.24 bits per heavy atom. The van der Waals surface area contributed by atoms with Crippen molar-refractivity contribution in [2.45, 2.75) is 20.0 Å². The Kier molecular flexibility index (Phi) is 11.3. The molecule has 0 aromatic heterocycles. The van der Waals surface area contributed by atoms with E-state index in [1.807, 2.05) is 0 Å². The van der Waals surface area contributed by atoms with Crippen molar-refractivity contribution >= 4 is 11.9 Å². The molecular formula is C19H24O6. The Morgan fingerprint density at radius 2 is 1.12 bits per heavy atom. The van der Waals surface area contributed by atoms with Gasteiger partial charge in [-0.05, 0) is 31.2 Å². The number of hydrogen-bond donors (Lipinski definition) is 4. The summed E-state index contributed by atoms with van der Waals surface area (Å²) < 4.78 is 0. The van der Waals surface area contributed by atoms with E-state index in [-0.39, 0.29) is 18.6 Å². The van der Waals surface area contributed by atoms with Gasteiger partial charge in [0, 0.05) is 12.5 Å². The minimum Gasteiger partial charge on any atom is -0.478 e. The standard InChI is InChI=1S/2C7H6O2.C5H12O2/c2*8-7(9)6-4-2-1-3-5-6;1-4(3-6)5(2)7/h2*1-5H,(H,8,9);4-7H,3H2,1-2H3. The number of aliphatic hydroxyl groups excluding tert-OH is 2. The highest BCUT2D eigenvalue weighted by Gasteiger charge is 2.04. The molecule has 2 aromatic rings. The first-order valence-electron chi connectivity index (χ1n) is 7.65. The maximum Gasteiger partial charge on any atom is 0.335 e. The normalized spacial score (nSPS) is 11.7. The first-order chi connectivity index (χ1) is 11.8. The molecule has 0 spiro atoms. The summed E-state index contributed by atoms with van der Waals surface area (Å²) in [6, 6.07) is 16.6. The molecule has 2 aromatic carbocycles. The third-order valence-electron chi connectivity index (χ3n) is 3.15. The summed E-state index contributed by atoms with van der Waals surface area (Å²) in [7, 11) is 0. The topological polar surface area (TPSA) is 115 Å². The van der Waals surface area contributed by atoms with Crippen LogP contribution in [-0.4, -0.2) is 45.1 Å². The van der Waals surface area contributed by atoms with Crippen LogP contribution in [0.2, 0.25) is 0 Å². The lowest BCUT2D eigenvalue weighted by Crippen LogP contribution is -2.16. The van der Waals surface area contributed by atoms with E-state index in [2.05, 4.69) is 0 Å². The molecule has 0 saturated heterocycles. The van der Waals surface area contributed by atoms with Gasteiger partial charge in [0.15, 0.2) is 0 Å². The van der Waals surface area contributed by atoms with E-state index in [0.29, 0.717) is 11.1 Å². The number of benzene rings is 2. The van der Waals surface area contributed by atoms with E-state index in [4.69, 9.17) is 20.4 Å². The summed E-state index contributed by atoms with van der Waals surface area (Å²) in [4.78, 5) is 20.4. The molecule has 136 valence electrons. The largest absolute Gasteiger partial charge is 0.478 e. The summed E-state index contributed by atoms with van der Waals surface area (Å²) in [5.41, 5.74) is 0.662. The fraction of sp³-hybridized carbons (Fsp3) is 0.263. The zero-order chi connectivity index (χ0) is 19.2. The van der Waals surface area contributed by atoms with Crippen LogP contribution < -0.4 is 0 Å². The van der Waals surface area contributed by atoms with Gasteiger partial charge in [0.25, 0.3) is 0 Å². The summed E-state index contributed by atoms with van der Waals surface area (Å²) in [6.07, 6.45) is -0.384. The Balaban J connectivity index is 0.000000350. The fourth-order valence-corrected chi connectivity index (χ4v) is 1.31. The van der Waals surface area contributed by atoms with Gasteiger partial charge in [-0.15, -0.1) is 0 Å². The van der Waals surface area contributed by atoms with Crippen molar-refractivity contribution < 1.29 is 30.0 Å². The van der Waals surface area contributed by atoms with Crippen molar-refractivity contribution in [1.82, 2.24) is 0 Å². The Labute approximate surface area is 147 Å². The van der Waals surface area contributed by atoms with Gasteiger partial charge in [-0.2, -0.15) is 0 Å². The van der Waals surface area contributed by atoms with E-state index in [1.54, 1.807) is 74.5 Å². The number of hydrogen-bond acceptors (Lipinski definition) is 4. The molecule has 6 nitrogen and oxygen atoms in total. The molecular weight excluding hydrogens is 324 g/mol. The highest BCUT2D eigenvalue weighted by Crippen LogP contribution is 1.98. The predicted molar refractivity (Wildman–Crippen MR) is 94.7 cm³/mol. The average Bonchev–Trinajstić information content (AvgIpc) is 2.63.